The standard InChI is InChI=1S/C11H13BrN2S2/c1-2-14-9(11-6-13-7-16-11)5-10-8(12)3-4-15-10/h3-4,6-7,9,14H,2,5H2,1H3. The highest BCUT2D eigenvalue weighted by atomic mass is 79.9. The second-order valence-corrected chi connectivity index (χ2v) is 6.18. The van der Waals surface area contributed by atoms with Gasteiger partial charge in [-0.1, -0.05) is 6.92 Å². The summed E-state index contributed by atoms with van der Waals surface area (Å²) >= 11 is 7.09. The van der Waals surface area contributed by atoms with Crippen LogP contribution in [0.3, 0.4) is 0 Å². The number of halogens is 1. The molecular formula is C11H13BrN2S2. The summed E-state index contributed by atoms with van der Waals surface area (Å²) in [6.07, 6.45) is 2.98. The van der Waals surface area contributed by atoms with Gasteiger partial charge in [0.2, 0.25) is 0 Å². The van der Waals surface area contributed by atoms with Crippen LogP contribution in [-0.4, -0.2) is 11.5 Å². The van der Waals surface area contributed by atoms with Crippen molar-refractivity contribution in [1.82, 2.24) is 10.3 Å². The van der Waals surface area contributed by atoms with Gasteiger partial charge in [-0.3, -0.25) is 4.98 Å². The molecule has 2 nitrogen and oxygen atoms in total. The fourth-order valence-corrected chi connectivity index (χ4v) is 3.83. The molecule has 0 amide bonds. The molecule has 0 spiro atoms. The van der Waals surface area contributed by atoms with E-state index in [1.165, 1.54) is 14.2 Å². The van der Waals surface area contributed by atoms with Crippen molar-refractivity contribution in [3.63, 3.8) is 0 Å². The second-order valence-electron chi connectivity index (χ2n) is 3.41. The van der Waals surface area contributed by atoms with Crippen LogP contribution >= 0.6 is 38.6 Å². The van der Waals surface area contributed by atoms with E-state index in [1.54, 1.807) is 22.7 Å². The number of hydrogen-bond acceptors (Lipinski definition) is 4. The smallest absolute Gasteiger partial charge is 0.0794 e. The third-order valence-electron chi connectivity index (χ3n) is 2.33. The van der Waals surface area contributed by atoms with Crippen LogP contribution in [0.2, 0.25) is 0 Å². The number of thiazole rings is 1. The quantitative estimate of drug-likeness (QED) is 0.906. The summed E-state index contributed by atoms with van der Waals surface area (Å²) in [5, 5.41) is 5.63. The van der Waals surface area contributed by atoms with E-state index in [0.717, 1.165) is 13.0 Å². The van der Waals surface area contributed by atoms with E-state index >= 15 is 0 Å². The van der Waals surface area contributed by atoms with E-state index in [2.05, 4.69) is 44.6 Å². The van der Waals surface area contributed by atoms with Crippen LogP contribution < -0.4 is 5.32 Å². The molecule has 0 aliphatic rings. The third kappa shape index (κ3) is 2.91. The summed E-state index contributed by atoms with van der Waals surface area (Å²) in [4.78, 5) is 6.84. The topological polar surface area (TPSA) is 24.9 Å². The van der Waals surface area contributed by atoms with Gasteiger partial charge in [-0.25, -0.2) is 0 Å². The van der Waals surface area contributed by atoms with E-state index in [9.17, 15) is 0 Å². The van der Waals surface area contributed by atoms with Crippen LogP contribution in [0.4, 0.5) is 0 Å². The number of aromatic nitrogens is 1. The van der Waals surface area contributed by atoms with Gasteiger partial charge in [-0.05, 0) is 33.9 Å². The Hall–Kier alpha value is -0.230. The molecule has 0 saturated carbocycles. The molecule has 0 aliphatic heterocycles. The molecule has 1 unspecified atom stereocenters. The lowest BCUT2D eigenvalue weighted by Gasteiger charge is -2.15. The largest absolute Gasteiger partial charge is 0.309 e. The minimum atomic E-state index is 0.382. The minimum absolute atomic E-state index is 0.382. The summed E-state index contributed by atoms with van der Waals surface area (Å²) in [6, 6.07) is 2.49. The summed E-state index contributed by atoms with van der Waals surface area (Å²) in [7, 11) is 0. The maximum absolute atomic E-state index is 4.15. The first-order valence-corrected chi connectivity index (χ1v) is 7.70. The molecule has 0 aromatic carbocycles. The van der Waals surface area contributed by atoms with Gasteiger partial charge in [0.05, 0.1) is 5.51 Å². The van der Waals surface area contributed by atoms with Gasteiger partial charge in [-0.15, -0.1) is 22.7 Å². The van der Waals surface area contributed by atoms with E-state index in [0.29, 0.717) is 6.04 Å². The highest BCUT2D eigenvalue weighted by molar-refractivity contribution is 9.10. The zero-order valence-corrected chi connectivity index (χ0v) is 12.2. The van der Waals surface area contributed by atoms with Crippen LogP contribution in [0.5, 0.6) is 0 Å². The van der Waals surface area contributed by atoms with Gasteiger partial charge in [0.25, 0.3) is 0 Å². The van der Waals surface area contributed by atoms with E-state index in [-0.39, 0.29) is 0 Å². The zero-order chi connectivity index (χ0) is 11.4. The number of likely N-dealkylation sites (N-methyl/N-ethyl adjacent to an activating group) is 1. The van der Waals surface area contributed by atoms with Crippen LogP contribution in [0.15, 0.2) is 27.6 Å². The molecule has 1 N–H and O–H groups in total. The molecule has 0 radical (unpaired) electrons. The van der Waals surface area contributed by atoms with Crippen molar-refractivity contribution >= 4 is 38.6 Å². The van der Waals surface area contributed by atoms with Crippen molar-refractivity contribution in [3.8, 4) is 0 Å². The lowest BCUT2D eigenvalue weighted by molar-refractivity contribution is 0.560. The number of hydrogen-bond donors (Lipinski definition) is 1. The van der Waals surface area contributed by atoms with Crippen LogP contribution in [0, 0.1) is 0 Å². The predicted octanol–water partition coefficient (Wildman–Crippen LogP) is 3.86. The monoisotopic (exact) mass is 316 g/mol. The van der Waals surface area contributed by atoms with Crippen LogP contribution in [0.1, 0.15) is 22.7 Å². The Morgan fingerprint density at radius 2 is 2.38 bits per heavy atom. The maximum atomic E-state index is 4.15. The number of nitrogens with one attached hydrogen (secondary N) is 1. The molecule has 2 aromatic rings. The number of thiophene rings is 1. The van der Waals surface area contributed by atoms with Crippen molar-refractivity contribution in [3.05, 3.63) is 37.4 Å². The Morgan fingerprint density at radius 3 is 2.94 bits per heavy atom. The van der Waals surface area contributed by atoms with Gasteiger partial charge in [-0.2, -0.15) is 0 Å². The highest BCUT2D eigenvalue weighted by Crippen LogP contribution is 2.29. The first-order chi connectivity index (χ1) is 7.81. The van der Waals surface area contributed by atoms with Gasteiger partial charge < -0.3 is 5.32 Å². The summed E-state index contributed by atoms with van der Waals surface area (Å²) in [5.41, 5.74) is 1.89. The lowest BCUT2D eigenvalue weighted by Crippen LogP contribution is -2.21. The number of nitrogens with zero attached hydrogens (tertiary/aromatic N) is 1. The predicted molar refractivity (Wildman–Crippen MR) is 74.3 cm³/mol. The molecule has 0 saturated heterocycles. The Balaban J connectivity index is 2.12. The first-order valence-electron chi connectivity index (χ1n) is 5.15. The minimum Gasteiger partial charge on any atom is -0.309 e. The average molecular weight is 317 g/mol. The molecular weight excluding hydrogens is 304 g/mol. The SMILES string of the molecule is CCNC(Cc1sccc1Br)c1cncs1. The van der Waals surface area contributed by atoms with Crippen LogP contribution in [0.25, 0.3) is 0 Å². The third-order valence-corrected chi connectivity index (χ3v) is 5.16. The molecule has 86 valence electrons. The van der Waals surface area contributed by atoms with Gasteiger partial charge in [0.1, 0.15) is 0 Å². The van der Waals surface area contributed by atoms with E-state index < -0.39 is 0 Å². The van der Waals surface area contributed by atoms with Crippen molar-refractivity contribution in [1.29, 1.82) is 0 Å². The Kier molecular flexibility index (Phi) is 4.52. The normalized spacial score (nSPS) is 12.9. The molecule has 0 aliphatic carbocycles. The van der Waals surface area contributed by atoms with Crippen LogP contribution in [-0.2, 0) is 6.42 Å². The molecule has 2 aromatic heterocycles. The highest BCUT2D eigenvalue weighted by Gasteiger charge is 2.14. The first kappa shape index (κ1) is 12.2. The fraction of sp³-hybridized carbons (Fsp3) is 0.364. The zero-order valence-electron chi connectivity index (χ0n) is 8.94. The Morgan fingerprint density at radius 1 is 1.50 bits per heavy atom. The van der Waals surface area contributed by atoms with Crippen molar-refractivity contribution in [2.75, 3.05) is 6.54 Å². The summed E-state index contributed by atoms with van der Waals surface area (Å²) in [5.74, 6) is 0. The van der Waals surface area contributed by atoms with E-state index in [1.807, 2.05) is 11.7 Å². The molecule has 2 heterocycles. The molecule has 2 rings (SSSR count). The fourth-order valence-electron chi connectivity index (χ4n) is 1.57. The Bertz CT molecular complexity index is 425. The number of rotatable bonds is 5. The molecule has 0 bridgehead atoms. The molecule has 1 atom stereocenters. The van der Waals surface area contributed by atoms with Crippen molar-refractivity contribution in [2.45, 2.75) is 19.4 Å². The van der Waals surface area contributed by atoms with Gasteiger partial charge in [0.15, 0.2) is 0 Å². The Labute approximate surface area is 112 Å². The maximum Gasteiger partial charge on any atom is 0.0794 e. The van der Waals surface area contributed by atoms with Crippen molar-refractivity contribution in [2.24, 2.45) is 0 Å². The molecule has 5 heteroatoms. The summed E-state index contributed by atoms with van der Waals surface area (Å²) in [6.45, 7) is 3.11. The van der Waals surface area contributed by atoms with Gasteiger partial charge >= 0.3 is 0 Å². The average Bonchev–Trinajstić information content (AvgIpc) is 2.90. The molecule has 16 heavy (non-hydrogen) atoms. The van der Waals surface area contributed by atoms with Crippen molar-refractivity contribution < 1.29 is 0 Å². The lowest BCUT2D eigenvalue weighted by atomic mass is 10.1. The summed E-state index contributed by atoms with van der Waals surface area (Å²) < 4.78 is 1.21. The second kappa shape index (κ2) is 5.91. The van der Waals surface area contributed by atoms with Gasteiger partial charge in [0, 0.05) is 32.9 Å². The molecule has 0 fully saturated rings. The van der Waals surface area contributed by atoms with E-state index in [4.69, 9.17) is 0 Å².